The molecule has 1 aliphatic rings. The van der Waals surface area contributed by atoms with Gasteiger partial charge in [0.05, 0.1) is 5.25 Å². The first-order valence-corrected chi connectivity index (χ1v) is 8.11. The van der Waals surface area contributed by atoms with Crippen LogP contribution >= 0.6 is 11.8 Å². The van der Waals surface area contributed by atoms with Crippen LogP contribution in [0.4, 0.5) is 0 Å². The average Bonchev–Trinajstić information content (AvgIpc) is 2.63. The standard InChI is InChI=1S/C11H16N2O4S.C3H8/c1-7(14)2-4-13-10(16)6-8(11(13)17)18-5-3-9(12)15;1-3-2/h8H,2-6H2,1H3,(H2,12,15);3H2,1-2H3. The second kappa shape index (κ2) is 10.4. The third kappa shape index (κ3) is 7.84. The van der Waals surface area contributed by atoms with Crippen molar-refractivity contribution >= 4 is 35.3 Å². The van der Waals surface area contributed by atoms with Gasteiger partial charge in [0.1, 0.15) is 5.78 Å². The first-order valence-electron chi connectivity index (χ1n) is 7.06. The lowest BCUT2D eigenvalue weighted by atomic mass is 10.3. The Bertz CT molecular complexity index is 398. The molecule has 0 bridgehead atoms. The minimum atomic E-state index is -0.441. The molecule has 0 aromatic heterocycles. The highest BCUT2D eigenvalue weighted by Crippen LogP contribution is 2.25. The third-order valence-electron chi connectivity index (χ3n) is 2.56. The number of nitrogens with two attached hydrogens (primary N) is 1. The SMILES string of the molecule is CC(=O)CCN1C(=O)CC(SCCC(N)=O)C1=O.CCC. The molecular weight excluding hydrogens is 292 g/mol. The Morgan fingerprint density at radius 1 is 1.29 bits per heavy atom. The summed E-state index contributed by atoms with van der Waals surface area (Å²) >= 11 is 1.26. The van der Waals surface area contributed by atoms with Gasteiger partial charge < -0.3 is 5.73 Å². The fourth-order valence-corrected chi connectivity index (χ4v) is 2.72. The van der Waals surface area contributed by atoms with Crippen LogP contribution in [-0.4, -0.2) is 46.0 Å². The van der Waals surface area contributed by atoms with E-state index in [0.29, 0.717) is 5.75 Å². The van der Waals surface area contributed by atoms with Gasteiger partial charge >= 0.3 is 0 Å². The number of thioether (sulfide) groups is 1. The molecule has 1 rings (SSSR count). The Morgan fingerprint density at radius 3 is 2.33 bits per heavy atom. The molecular formula is C14H24N2O4S. The van der Waals surface area contributed by atoms with Crippen LogP contribution in [0.5, 0.6) is 0 Å². The lowest BCUT2D eigenvalue weighted by Gasteiger charge is -2.13. The Morgan fingerprint density at radius 2 is 1.86 bits per heavy atom. The number of likely N-dealkylation sites (tertiary alicyclic amines) is 1. The van der Waals surface area contributed by atoms with Gasteiger partial charge in [-0.05, 0) is 6.92 Å². The number of rotatable bonds is 7. The molecule has 0 aliphatic carbocycles. The van der Waals surface area contributed by atoms with Gasteiger partial charge in [0.15, 0.2) is 0 Å². The van der Waals surface area contributed by atoms with Gasteiger partial charge in [0.25, 0.3) is 0 Å². The number of ketones is 1. The van der Waals surface area contributed by atoms with Gasteiger partial charge in [0.2, 0.25) is 17.7 Å². The summed E-state index contributed by atoms with van der Waals surface area (Å²) in [7, 11) is 0. The summed E-state index contributed by atoms with van der Waals surface area (Å²) in [5.41, 5.74) is 5.00. The number of carbonyl (C=O) groups is 4. The molecule has 1 aliphatic heterocycles. The van der Waals surface area contributed by atoms with Crippen molar-refractivity contribution in [2.24, 2.45) is 5.73 Å². The van der Waals surface area contributed by atoms with Crippen LogP contribution in [0.3, 0.4) is 0 Å². The van der Waals surface area contributed by atoms with E-state index in [1.54, 1.807) is 0 Å². The molecule has 1 atom stereocenters. The van der Waals surface area contributed by atoms with E-state index in [2.05, 4.69) is 13.8 Å². The Kier molecular flexibility index (Phi) is 9.69. The van der Waals surface area contributed by atoms with Crippen LogP contribution in [0.1, 0.15) is 46.5 Å². The lowest BCUT2D eigenvalue weighted by Crippen LogP contribution is -2.33. The number of hydrogen-bond donors (Lipinski definition) is 1. The van der Waals surface area contributed by atoms with E-state index >= 15 is 0 Å². The Balaban J connectivity index is 0.00000122. The number of imide groups is 1. The van der Waals surface area contributed by atoms with Gasteiger partial charge in [-0.15, -0.1) is 11.8 Å². The van der Waals surface area contributed by atoms with Crippen molar-refractivity contribution in [2.45, 2.75) is 51.7 Å². The summed E-state index contributed by atoms with van der Waals surface area (Å²) in [4.78, 5) is 46.0. The van der Waals surface area contributed by atoms with Crippen molar-refractivity contribution in [3.63, 3.8) is 0 Å². The number of carbonyl (C=O) groups excluding carboxylic acids is 4. The van der Waals surface area contributed by atoms with E-state index in [9.17, 15) is 19.2 Å². The van der Waals surface area contributed by atoms with E-state index in [0.717, 1.165) is 4.90 Å². The molecule has 1 fully saturated rings. The number of primary amides is 1. The topological polar surface area (TPSA) is 97.5 Å². The molecule has 120 valence electrons. The van der Waals surface area contributed by atoms with Gasteiger partial charge in [-0.25, -0.2) is 0 Å². The minimum Gasteiger partial charge on any atom is -0.370 e. The highest BCUT2D eigenvalue weighted by Gasteiger charge is 2.38. The molecule has 1 saturated heterocycles. The summed E-state index contributed by atoms with van der Waals surface area (Å²) in [5, 5.41) is -0.441. The molecule has 3 amide bonds. The second-order valence-corrected chi connectivity index (χ2v) is 6.13. The summed E-state index contributed by atoms with van der Waals surface area (Å²) in [6, 6.07) is 0. The normalized spacial score (nSPS) is 17.5. The van der Waals surface area contributed by atoms with Crippen LogP contribution in [0.15, 0.2) is 0 Å². The average molecular weight is 316 g/mol. The summed E-state index contributed by atoms with van der Waals surface area (Å²) in [6.07, 6.45) is 1.77. The summed E-state index contributed by atoms with van der Waals surface area (Å²) in [5.74, 6) is -0.568. The molecule has 7 heteroatoms. The predicted octanol–water partition coefficient (Wildman–Crippen LogP) is 1.12. The van der Waals surface area contributed by atoms with E-state index in [1.807, 2.05) is 0 Å². The molecule has 0 aromatic carbocycles. The highest BCUT2D eigenvalue weighted by atomic mass is 32.2. The fourth-order valence-electron chi connectivity index (χ4n) is 1.59. The molecule has 2 N–H and O–H groups in total. The Labute approximate surface area is 129 Å². The molecule has 0 spiro atoms. The van der Waals surface area contributed by atoms with E-state index in [-0.39, 0.29) is 43.4 Å². The maximum atomic E-state index is 11.9. The van der Waals surface area contributed by atoms with Crippen molar-refractivity contribution in [3.8, 4) is 0 Å². The number of nitrogens with zero attached hydrogens (tertiary/aromatic N) is 1. The fraction of sp³-hybridized carbons (Fsp3) is 0.714. The molecule has 0 saturated carbocycles. The molecule has 21 heavy (non-hydrogen) atoms. The Hall–Kier alpha value is -1.37. The van der Waals surface area contributed by atoms with E-state index in [1.165, 1.54) is 25.1 Å². The second-order valence-electron chi connectivity index (χ2n) is 4.82. The van der Waals surface area contributed by atoms with Crippen molar-refractivity contribution < 1.29 is 19.2 Å². The smallest absolute Gasteiger partial charge is 0.242 e. The van der Waals surface area contributed by atoms with Crippen molar-refractivity contribution in [3.05, 3.63) is 0 Å². The molecule has 1 heterocycles. The van der Waals surface area contributed by atoms with E-state index < -0.39 is 11.2 Å². The summed E-state index contributed by atoms with van der Waals surface area (Å²) in [6.45, 7) is 5.82. The molecule has 0 aromatic rings. The zero-order chi connectivity index (χ0) is 16.4. The minimum absolute atomic E-state index is 0.0552. The first kappa shape index (κ1) is 19.6. The zero-order valence-corrected chi connectivity index (χ0v) is 13.7. The van der Waals surface area contributed by atoms with Crippen LogP contribution in [0.2, 0.25) is 0 Å². The third-order valence-corrected chi connectivity index (χ3v) is 3.77. The summed E-state index contributed by atoms with van der Waals surface area (Å²) < 4.78 is 0. The van der Waals surface area contributed by atoms with Gasteiger partial charge in [-0.3, -0.25) is 24.1 Å². The predicted molar refractivity (Wildman–Crippen MR) is 82.7 cm³/mol. The van der Waals surface area contributed by atoms with Crippen molar-refractivity contribution in [2.75, 3.05) is 12.3 Å². The largest absolute Gasteiger partial charge is 0.370 e. The number of hydrogen-bond acceptors (Lipinski definition) is 5. The monoisotopic (exact) mass is 316 g/mol. The maximum Gasteiger partial charge on any atom is 0.242 e. The molecule has 6 nitrogen and oxygen atoms in total. The maximum absolute atomic E-state index is 11.9. The van der Waals surface area contributed by atoms with Gasteiger partial charge in [-0.2, -0.15) is 0 Å². The quantitative estimate of drug-likeness (QED) is 0.710. The van der Waals surface area contributed by atoms with Crippen molar-refractivity contribution in [1.82, 2.24) is 4.90 Å². The zero-order valence-electron chi connectivity index (χ0n) is 12.9. The van der Waals surface area contributed by atoms with E-state index in [4.69, 9.17) is 5.73 Å². The van der Waals surface area contributed by atoms with Gasteiger partial charge in [-0.1, -0.05) is 20.3 Å². The van der Waals surface area contributed by atoms with Crippen molar-refractivity contribution in [1.29, 1.82) is 0 Å². The van der Waals surface area contributed by atoms with Crippen LogP contribution in [0.25, 0.3) is 0 Å². The molecule has 1 unspecified atom stereocenters. The number of amides is 3. The van der Waals surface area contributed by atoms with Crippen LogP contribution in [0, 0.1) is 0 Å². The highest BCUT2D eigenvalue weighted by molar-refractivity contribution is 8.00. The first-order chi connectivity index (χ1) is 9.83. The lowest BCUT2D eigenvalue weighted by molar-refractivity contribution is -0.138. The van der Waals surface area contributed by atoms with Crippen LogP contribution in [-0.2, 0) is 19.2 Å². The molecule has 0 radical (unpaired) electrons. The van der Waals surface area contributed by atoms with Crippen LogP contribution < -0.4 is 5.73 Å². The van der Waals surface area contributed by atoms with Gasteiger partial charge in [0, 0.05) is 31.6 Å². The number of Topliss-reactive ketones (excluding diaryl/α,β-unsaturated/α-hetero) is 1.